The van der Waals surface area contributed by atoms with Gasteiger partial charge >= 0.3 is 5.76 Å². The molecule has 0 atom stereocenters. The van der Waals surface area contributed by atoms with Crippen LogP contribution in [-0.4, -0.2) is 15.5 Å². The molecule has 0 aliphatic rings. The molecule has 0 aliphatic carbocycles. The number of anilines is 1. The van der Waals surface area contributed by atoms with Gasteiger partial charge in [0.1, 0.15) is 0 Å². The topological polar surface area (TPSA) is 77.1 Å². The highest BCUT2D eigenvalue weighted by molar-refractivity contribution is 6.31. The number of hydrogen-bond donors (Lipinski definition) is 1. The molecule has 2 aromatic heterocycles. The van der Waals surface area contributed by atoms with Crippen molar-refractivity contribution in [1.29, 1.82) is 0 Å². The highest BCUT2D eigenvalue weighted by atomic mass is 35.5. The van der Waals surface area contributed by atoms with Gasteiger partial charge in [-0.3, -0.25) is 14.3 Å². The minimum Gasteiger partial charge on any atom is -0.408 e. The van der Waals surface area contributed by atoms with Crippen molar-refractivity contribution in [2.75, 3.05) is 5.32 Å². The van der Waals surface area contributed by atoms with Crippen LogP contribution < -0.4 is 11.1 Å². The van der Waals surface area contributed by atoms with E-state index in [0.29, 0.717) is 21.8 Å². The van der Waals surface area contributed by atoms with Gasteiger partial charge in [0.2, 0.25) is 5.91 Å². The number of oxazole rings is 1. The summed E-state index contributed by atoms with van der Waals surface area (Å²) in [4.78, 5) is 28.5. The largest absolute Gasteiger partial charge is 0.419 e. The maximum atomic E-state index is 12.2. The van der Waals surface area contributed by atoms with E-state index in [4.69, 9.17) is 16.0 Å². The maximum Gasteiger partial charge on any atom is 0.419 e. The molecule has 0 radical (unpaired) electrons. The van der Waals surface area contributed by atoms with Gasteiger partial charge in [0.25, 0.3) is 0 Å². The van der Waals surface area contributed by atoms with Gasteiger partial charge in [0, 0.05) is 29.4 Å². The van der Waals surface area contributed by atoms with Crippen molar-refractivity contribution >= 4 is 45.2 Å². The molecular weight excluding hydrogens is 354 g/mol. The average Bonchev–Trinajstić information content (AvgIpc) is 2.94. The number of amides is 1. The number of benzene rings is 2. The Morgan fingerprint density at radius 1 is 1.19 bits per heavy atom. The van der Waals surface area contributed by atoms with E-state index < -0.39 is 5.76 Å². The van der Waals surface area contributed by atoms with Crippen LogP contribution in [0.15, 0.2) is 63.9 Å². The summed E-state index contributed by atoms with van der Waals surface area (Å²) in [6.45, 7) is 0.209. The summed E-state index contributed by atoms with van der Waals surface area (Å²) in [5, 5.41) is 4.23. The molecule has 1 N–H and O–H groups in total. The number of aryl methyl sites for hydroxylation is 1. The molecule has 6 nitrogen and oxygen atoms in total. The minimum absolute atomic E-state index is 0.129. The molecule has 7 heteroatoms. The van der Waals surface area contributed by atoms with Crippen LogP contribution in [0.1, 0.15) is 6.42 Å². The van der Waals surface area contributed by atoms with Gasteiger partial charge < -0.3 is 9.73 Å². The Balaban J connectivity index is 1.48. The molecule has 0 fully saturated rings. The number of para-hydroxylation sites is 1. The van der Waals surface area contributed by atoms with E-state index in [-0.39, 0.29) is 18.9 Å². The second-order valence-electron chi connectivity index (χ2n) is 5.85. The Morgan fingerprint density at radius 3 is 2.92 bits per heavy atom. The number of pyridine rings is 1. The summed E-state index contributed by atoms with van der Waals surface area (Å²) in [5.41, 5.74) is 2.49. The highest BCUT2D eigenvalue weighted by Crippen LogP contribution is 2.19. The summed E-state index contributed by atoms with van der Waals surface area (Å²) in [7, 11) is 0. The SMILES string of the molecule is O=C(CCn1c(=O)oc2cc(Cl)ccc21)Nc1cnc2ccccc2c1. The number of carbonyl (C=O) groups excluding carboxylic acids is 1. The fourth-order valence-corrected chi connectivity index (χ4v) is 2.99. The lowest BCUT2D eigenvalue weighted by Gasteiger charge is -2.06. The summed E-state index contributed by atoms with van der Waals surface area (Å²) >= 11 is 5.90. The van der Waals surface area contributed by atoms with Crippen LogP contribution in [0.2, 0.25) is 5.02 Å². The molecule has 26 heavy (non-hydrogen) atoms. The molecule has 0 unspecified atom stereocenters. The van der Waals surface area contributed by atoms with Gasteiger partial charge in [-0.1, -0.05) is 29.8 Å². The molecule has 0 aliphatic heterocycles. The van der Waals surface area contributed by atoms with Gasteiger partial charge in [-0.2, -0.15) is 0 Å². The summed E-state index contributed by atoms with van der Waals surface area (Å²) in [5.74, 6) is -0.722. The third-order valence-electron chi connectivity index (χ3n) is 4.07. The predicted octanol–water partition coefficient (Wildman–Crippen LogP) is 3.82. The highest BCUT2D eigenvalue weighted by Gasteiger charge is 2.11. The molecule has 2 heterocycles. The van der Waals surface area contributed by atoms with Crippen molar-refractivity contribution in [1.82, 2.24) is 9.55 Å². The van der Waals surface area contributed by atoms with E-state index in [1.807, 2.05) is 30.3 Å². The Kier molecular flexibility index (Phi) is 4.18. The van der Waals surface area contributed by atoms with Crippen molar-refractivity contribution in [2.45, 2.75) is 13.0 Å². The van der Waals surface area contributed by atoms with Crippen molar-refractivity contribution < 1.29 is 9.21 Å². The lowest BCUT2D eigenvalue weighted by atomic mass is 10.2. The van der Waals surface area contributed by atoms with Gasteiger partial charge in [-0.15, -0.1) is 0 Å². The third kappa shape index (κ3) is 3.19. The number of hydrogen-bond acceptors (Lipinski definition) is 4. The predicted molar refractivity (Wildman–Crippen MR) is 100 cm³/mol. The first-order valence-corrected chi connectivity index (χ1v) is 8.41. The smallest absolute Gasteiger partial charge is 0.408 e. The number of nitrogens with one attached hydrogen (secondary N) is 1. The van der Waals surface area contributed by atoms with E-state index in [0.717, 1.165) is 10.9 Å². The molecule has 130 valence electrons. The second kappa shape index (κ2) is 6.65. The first-order chi connectivity index (χ1) is 12.6. The van der Waals surface area contributed by atoms with Crippen molar-refractivity contribution in [3.63, 3.8) is 0 Å². The fraction of sp³-hybridized carbons (Fsp3) is 0.105. The molecule has 0 spiro atoms. The number of nitrogens with zero attached hydrogens (tertiary/aromatic N) is 2. The molecule has 1 amide bonds. The Labute approximate surface area is 153 Å². The summed E-state index contributed by atoms with van der Waals surface area (Å²) < 4.78 is 6.58. The lowest BCUT2D eigenvalue weighted by Crippen LogP contribution is -2.19. The zero-order valence-corrected chi connectivity index (χ0v) is 14.4. The molecule has 4 aromatic rings. The van der Waals surface area contributed by atoms with E-state index in [2.05, 4.69) is 10.3 Å². The Morgan fingerprint density at radius 2 is 2.04 bits per heavy atom. The zero-order chi connectivity index (χ0) is 18.1. The molecular formula is C19H14ClN3O3. The van der Waals surface area contributed by atoms with Gasteiger partial charge in [0.05, 0.1) is 22.9 Å². The van der Waals surface area contributed by atoms with Crippen molar-refractivity contribution in [3.8, 4) is 0 Å². The van der Waals surface area contributed by atoms with Gasteiger partial charge in [-0.25, -0.2) is 4.79 Å². The minimum atomic E-state index is -0.512. The fourth-order valence-electron chi connectivity index (χ4n) is 2.83. The van der Waals surface area contributed by atoms with Crippen LogP contribution in [0.3, 0.4) is 0 Å². The quantitative estimate of drug-likeness (QED) is 0.594. The number of rotatable bonds is 4. The molecule has 0 saturated heterocycles. The van der Waals surface area contributed by atoms with E-state index in [9.17, 15) is 9.59 Å². The molecule has 0 saturated carbocycles. The standard InChI is InChI=1S/C19H14ClN3O3/c20-13-5-6-16-17(10-13)26-19(25)23(16)8-7-18(24)22-14-9-12-3-1-2-4-15(12)21-11-14/h1-6,9-11H,7-8H2,(H,22,24). The molecule has 4 rings (SSSR count). The normalized spacial score (nSPS) is 11.1. The van der Waals surface area contributed by atoms with Gasteiger partial charge in [-0.05, 0) is 24.3 Å². The Bertz CT molecular complexity index is 1180. The molecule has 2 aromatic carbocycles. The van der Waals surface area contributed by atoms with E-state index in [1.165, 1.54) is 4.57 Å². The van der Waals surface area contributed by atoms with Crippen LogP contribution in [0, 0.1) is 0 Å². The van der Waals surface area contributed by atoms with E-state index in [1.54, 1.807) is 24.4 Å². The molecule has 0 bridgehead atoms. The maximum absolute atomic E-state index is 12.2. The van der Waals surface area contributed by atoms with Gasteiger partial charge in [0.15, 0.2) is 5.58 Å². The number of carbonyl (C=O) groups is 1. The number of aromatic nitrogens is 2. The zero-order valence-electron chi connectivity index (χ0n) is 13.6. The van der Waals surface area contributed by atoms with E-state index >= 15 is 0 Å². The Hall–Kier alpha value is -3.12. The van der Waals surface area contributed by atoms with Crippen LogP contribution in [-0.2, 0) is 11.3 Å². The summed E-state index contributed by atoms with van der Waals surface area (Å²) in [6.07, 6.45) is 1.74. The number of halogens is 1. The van der Waals surface area contributed by atoms with Crippen molar-refractivity contribution in [3.05, 3.63) is 70.3 Å². The average molecular weight is 368 g/mol. The van der Waals surface area contributed by atoms with Crippen LogP contribution >= 0.6 is 11.6 Å². The van der Waals surface area contributed by atoms with Crippen LogP contribution in [0.4, 0.5) is 5.69 Å². The van der Waals surface area contributed by atoms with Crippen molar-refractivity contribution in [2.24, 2.45) is 0 Å². The lowest BCUT2D eigenvalue weighted by molar-refractivity contribution is -0.116. The van der Waals surface area contributed by atoms with Crippen LogP contribution in [0.5, 0.6) is 0 Å². The number of fused-ring (bicyclic) bond motifs is 2. The third-order valence-corrected chi connectivity index (χ3v) is 4.30. The van der Waals surface area contributed by atoms with Crippen LogP contribution in [0.25, 0.3) is 22.0 Å². The second-order valence-corrected chi connectivity index (χ2v) is 6.28. The first-order valence-electron chi connectivity index (χ1n) is 8.04. The first kappa shape index (κ1) is 16.4. The summed E-state index contributed by atoms with van der Waals surface area (Å²) in [6, 6.07) is 14.5. The monoisotopic (exact) mass is 367 g/mol.